The minimum absolute atomic E-state index is 0.0815. The molecule has 0 aromatic heterocycles. The van der Waals surface area contributed by atoms with Crippen molar-refractivity contribution in [2.45, 2.75) is 19.4 Å². The summed E-state index contributed by atoms with van der Waals surface area (Å²) in [7, 11) is 1.55. The molecule has 3 aromatic rings. The number of hydrogen-bond acceptors (Lipinski definition) is 6. The molecule has 3 amide bonds. The first-order chi connectivity index (χ1) is 17.4. The summed E-state index contributed by atoms with van der Waals surface area (Å²) >= 11 is 0. The lowest BCUT2D eigenvalue weighted by Gasteiger charge is -2.16. The maximum Gasteiger partial charge on any atom is 0.338 e. The molecule has 36 heavy (non-hydrogen) atoms. The quantitative estimate of drug-likeness (QED) is 0.277. The maximum atomic E-state index is 12.8. The van der Waals surface area contributed by atoms with E-state index >= 15 is 0 Å². The van der Waals surface area contributed by atoms with Crippen LogP contribution in [0.15, 0.2) is 72.8 Å². The van der Waals surface area contributed by atoms with Crippen molar-refractivity contribution in [3.05, 3.63) is 89.5 Å². The highest BCUT2D eigenvalue weighted by molar-refractivity contribution is 6.22. The third-order valence-corrected chi connectivity index (χ3v) is 5.86. The lowest BCUT2D eigenvalue weighted by molar-refractivity contribution is -0.123. The Morgan fingerprint density at radius 3 is 2.33 bits per heavy atom. The Bertz CT molecular complexity index is 1300. The normalized spacial score (nSPS) is 13.3. The third kappa shape index (κ3) is 5.18. The number of para-hydroxylation sites is 1. The Morgan fingerprint density at radius 2 is 1.58 bits per heavy atom. The zero-order valence-electron chi connectivity index (χ0n) is 20.0. The number of carbonyl (C=O) groups is 4. The summed E-state index contributed by atoms with van der Waals surface area (Å²) < 4.78 is 10.3. The van der Waals surface area contributed by atoms with Gasteiger partial charge in [0, 0.05) is 31.5 Å². The van der Waals surface area contributed by atoms with E-state index in [1.54, 1.807) is 19.2 Å². The number of nitrogens with zero attached hydrogens (tertiary/aromatic N) is 1. The van der Waals surface area contributed by atoms with Crippen molar-refractivity contribution >= 4 is 29.4 Å². The smallest absolute Gasteiger partial charge is 0.338 e. The van der Waals surface area contributed by atoms with Crippen molar-refractivity contribution in [1.82, 2.24) is 4.90 Å². The number of anilines is 1. The van der Waals surface area contributed by atoms with Gasteiger partial charge in [0.25, 0.3) is 17.7 Å². The van der Waals surface area contributed by atoms with Gasteiger partial charge in [0.15, 0.2) is 6.10 Å². The number of fused-ring (bicyclic) bond motifs is 1. The van der Waals surface area contributed by atoms with E-state index < -0.39 is 29.8 Å². The maximum absolute atomic E-state index is 12.8. The topological polar surface area (TPSA) is 102 Å². The van der Waals surface area contributed by atoms with Crippen molar-refractivity contribution in [2.24, 2.45) is 0 Å². The lowest BCUT2D eigenvalue weighted by Crippen LogP contribution is -2.31. The van der Waals surface area contributed by atoms with Gasteiger partial charge in [0.05, 0.1) is 16.7 Å². The van der Waals surface area contributed by atoms with Gasteiger partial charge >= 0.3 is 5.97 Å². The second kappa shape index (κ2) is 11.0. The Kier molecular flexibility index (Phi) is 7.56. The molecule has 0 bridgehead atoms. The second-order valence-electron chi connectivity index (χ2n) is 8.32. The van der Waals surface area contributed by atoms with Crippen LogP contribution in [0.1, 0.15) is 44.4 Å². The molecule has 3 aromatic carbocycles. The molecule has 4 rings (SSSR count). The van der Waals surface area contributed by atoms with Gasteiger partial charge in [-0.15, -0.1) is 0 Å². The van der Waals surface area contributed by atoms with Gasteiger partial charge < -0.3 is 14.8 Å². The summed E-state index contributed by atoms with van der Waals surface area (Å²) in [5.41, 5.74) is 2.82. The summed E-state index contributed by atoms with van der Waals surface area (Å²) in [6.07, 6.45) is -0.589. The van der Waals surface area contributed by atoms with E-state index in [9.17, 15) is 19.2 Å². The molecule has 1 N–H and O–H groups in total. The molecule has 8 nitrogen and oxygen atoms in total. The van der Waals surface area contributed by atoms with Gasteiger partial charge in [-0.05, 0) is 43.2 Å². The Morgan fingerprint density at radius 1 is 0.889 bits per heavy atom. The number of amides is 3. The highest BCUT2D eigenvalue weighted by Gasteiger charge is 2.36. The van der Waals surface area contributed by atoms with Crippen LogP contribution < -0.4 is 5.32 Å². The number of carbonyl (C=O) groups excluding carboxylic acids is 4. The van der Waals surface area contributed by atoms with Crippen molar-refractivity contribution < 1.29 is 28.7 Å². The van der Waals surface area contributed by atoms with Crippen LogP contribution in [0.5, 0.6) is 0 Å². The molecule has 1 atom stereocenters. The summed E-state index contributed by atoms with van der Waals surface area (Å²) in [5.74, 6) is -2.14. The Hall–Kier alpha value is -4.30. The summed E-state index contributed by atoms with van der Waals surface area (Å²) in [6, 6.07) is 21.1. The van der Waals surface area contributed by atoms with E-state index in [1.165, 1.54) is 25.1 Å². The van der Waals surface area contributed by atoms with Gasteiger partial charge in [-0.3, -0.25) is 19.3 Å². The lowest BCUT2D eigenvalue weighted by atomic mass is 10.0. The predicted molar refractivity (Wildman–Crippen MR) is 134 cm³/mol. The van der Waals surface area contributed by atoms with Crippen LogP contribution in [0.2, 0.25) is 0 Å². The average Bonchev–Trinajstić information content (AvgIpc) is 3.13. The van der Waals surface area contributed by atoms with E-state index in [-0.39, 0.29) is 23.2 Å². The fourth-order valence-electron chi connectivity index (χ4n) is 3.97. The number of benzene rings is 3. The minimum atomic E-state index is -1.10. The zero-order chi connectivity index (χ0) is 25.7. The first-order valence-corrected chi connectivity index (χ1v) is 11.6. The van der Waals surface area contributed by atoms with E-state index in [4.69, 9.17) is 9.47 Å². The molecule has 0 fully saturated rings. The second-order valence-corrected chi connectivity index (χ2v) is 8.32. The molecular weight excluding hydrogens is 460 g/mol. The molecule has 8 heteroatoms. The monoisotopic (exact) mass is 486 g/mol. The number of rotatable bonds is 9. The fourth-order valence-corrected chi connectivity index (χ4v) is 3.97. The molecule has 0 saturated heterocycles. The number of ether oxygens (including phenoxy) is 2. The van der Waals surface area contributed by atoms with Crippen LogP contribution in [0, 0.1) is 0 Å². The van der Waals surface area contributed by atoms with Gasteiger partial charge in [-0.2, -0.15) is 0 Å². The molecule has 1 unspecified atom stereocenters. The largest absolute Gasteiger partial charge is 0.449 e. The van der Waals surface area contributed by atoms with Gasteiger partial charge in [0.1, 0.15) is 0 Å². The summed E-state index contributed by atoms with van der Waals surface area (Å²) in [4.78, 5) is 52.0. The standard InChI is InChI=1S/C28H26N2O6/c1-18(25(31)29-24-12-7-6-11-21(24)19-9-4-3-5-10-19)36-28(34)20-13-14-22-23(17-20)27(33)30(26(22)32)15-8-16-35-2/h3-7,9-14,17-18H,8,15-16H2,1-2H3,(H,29,31). The number of imide groups is 1. The van der Waals surface area contributed by atoms with Crippen LogP contribution in [-0.2, 0) is 14.3 Å². The minimum Gasteiger partial charge on any atom is -0.449 e. The fraction of sp³-hybridized carbons (Fsp3) is 0.214. The Labute approximate surface area is 208 Å². The average molecular weight is 487 g/mol. The van der Waals surface area contributed by atoms with Crippen molar-refractivity contribution in [3.63, 3.8) is 0 Å². The molecular formula is C28H26N2O6. The number of methoxy groups -OCH3 is 1. The van der Waals surface area contributed by atoms with Crippen molar-refractivity contribution in [2.75, 3.05) is 25.6 Å². The molecule has 1 aliphatic rings. The summed E-state index contributed by atoms with van der Waals surface area (Å²) in [5, 5.41) is 2.82. The molecule has 1 heterocycles. The molecule has 1 aliphatic heterocycles. The van der Waals surface area contributed by atoms with E-state index in [0.717, 1.165) is 16.0 Å². The van der Waals surface area contributed by atoms with Gasteiger partial charge in [0.2, 0.25) is 0 Å². The van der Waals surface area contributed by atoms with Crippen LogP contribution in [0.25, 0.3) is 11.1 Å². The molecule has 0 aliphatic carbocycles. The first-order valence-electron chi connectivity index (χ1n) is 11.6. The number of esters is 1. The number of hydrogen-bond donors (Lipinski definition) is 1. The van der Waals surface area contributed by atoms with Crippen molar-refractivity contribution in [1.29, 1.82) is 0 Å². The molecule has 0 saturated carbocycles. The van der Waals surface area contributed by atoms with Crippen LogP contribution >= 0.6 is 0 Å². The van der Waals surface area contributed by atoms with Crippen LogP contribution in [-0.4, -0.2) is 55.0 Å². The molecule has 184 valence electrons. The highest BCUT2D eigenvalue weighted by atomic mass is 16.5. The van der Waals surface area contributed by atoms with E-state index in [1.807, 2.05) is 42.5 Å². The molecule has 0 spiro atoms. The van der Waals surface area contributed by atoms with Crippen LogP contribution in [0.3, 0.4) is 0 Å². The third-order valence-electron chi connectivity index (χ3n) is 5.86. The zero-order valence-corrected chi connectivity index (χ0v) is 20.0. The first kappa shape index (κ1) is 24.8. The van der Waals surface area contributed by atoms with Gasteiger partial charge in [-0.1, -0.05) is 48.5 Å². The Balaban J connectivity index is 1.43. The van der Waals surface area contributed by atoms with E-state index in [2.05, 4.69) is 5.32 Å². The van der Waals surface area contributed by atoms with E-state index in [0.29, 0.717) is 18.7 Å². The number of nitrogens with one attached hydrogen (secondary N) is 1. The van der Waals surface area contributed by atoms with Crippen LogP contribution in [0.4, 0.5) is 5.69 Å². The summed E-state index contributed by atoms with van der Waals surface area (Å²) in [6.45, 7) is 2.11. The van der Waals surface area contributed by atoms with Gasteiger partial charge in [-0.25, -0.2) is 4.79 Å². The predicted octanol–water partition coefficient (Wildman–Crippen LogP) is 4.17. The van der Waals surface area contributed by atoms with Crippen molar-refractivity contribution in [3.8, 4) is 11.1 Å². The SMILES string of the molecule is COCCCN1C(=O)c2ccc(C(=O)OC(C)C(=O)Nc3ccccc3-c3ccccc3)cc2C1=O. The molecule has 0 radical (unpaired) electrons. The highest BCUT2D eigenvalue weighted by Crippen LogP contribution is 2.28.